The molecule has 176 valence electrons. The van der Waals surface area contributed by atoms with E-state index in [0.29, 0.717) is 28.8 Å². The van der Waals surface area contributed by atoms with Crippen molar-refractivity contribution in [3.8, 4) is 11.5 Å². The van der Waals surface area contributed by atoms with Crippen LogP contribution in [0.1, 0.15) is 37.4 Å². The van der Waals surface area contributed by atoms with Gasteiger partial charge in [-0.25, -0.2) is 0 Å². The highest BCUT2D eigenvalue weighted by atomic mass is 79.9. The number of Topliss-reactive ketones (excluding diaryl/α,β-unsaturated/α-hetero) is 1. The molecular weight excluding hydrogens is 488 g/mol. The second kappa shape index (κ2) is 10.9. The Morgan fingerprint density at radius 1 is 1.15 bits per heavy atom. The van der Waals surface area contributed by atoms with E-state index in [1.54, 1.807) is 37.4 Å². The molecule has 8 heteroatoms. The average molecular weight is 517 g/mol. The Kier molecular flexibility index (Phi) is 8.15. The number of aliphatic hydroxyl groups excluding tert-OH is 1. The number of carbonyl (C=O) groups is 2. The largest absolute Gasteiger partial charge is 0.507 e. The number of hydrogen-bond donors (Lipinski definition) is 2. The van der Waals surface area contributed by atoms with E-state index in [2.05, 4.69) is 34.7 Å². The Labute approximate surface area is 202 Å². The van der Waals surface area contributed by atoms with Gasteiger partial charge >= 0.3 is 0 Å². The molecule has 1 atom stereocenters. The zero-order chi connectivity index (χ0) is 24.1. The van der Waals surface area contributed by atoms with Crippen molar-refractivity contribution in [3.63, 3.8) is 0 Å². The molecular formula is C25H29BrN2O5. The van der Waals surface area contributed by atoms with E-state index in [0.717, 1.165) is 19.6 Å². The third-order valence-corrected chi connectivity index (χ3v) is 6.42. The van der Waals surface area contributed by atoms with Gasteiger partial charge in [0.1, 0.15) is 17.3 Å². The molecule has 1 heterocycles. The van der Waals surface area contributed by atoms with Crippen LogP contribution in [0.3, 0.4) is 0 Å². The van der Waals surface area contributed by atoms with Gasteiger partial charge in [-0.05, 0) is 62.0 Å². The standard InChI is InChI=1S/C25H29BrN2O5/c1-4-27(5-2)12-7-13-28-22(16-8-6-9-18(14-16)33-3)21(24(31)25(28)32)23(30)19-15-17(26)10-11-20(19)29/h6,8-11,14-15,22,29-30H,4-5,7,12-13H2,1-3H3/b23-21+. The number of nitrogens with zero attached hydrogens (tertiary/aromatic N) is 2. The Morgan fingerprint density at radius 3 is 2.55 bits per heavy atom. The molecule has 1 aliphatic heterocycles. The number of hydrogen-bond acceptors (Lipinski definition) is 6. The summed E-state index contributed by atoms with van der Waals surface area (Å²) in [4.78, 5) is 29.9. The Hall–Kier alpha value is -2.84. The van der Waals surface area contributed by atoms with Gasteiger partial charge in [0.25, 0.3) is 11.7 Å². The fourth-order valence-electron chi connectivity index (χ4n) is 4.12. The van der Waals surface area contributed by atoms with E-state index in [1.165, 1.54) is 17.0 Å². The van der Waals surface area contributed by atoms with Crippen LogP contribution in [0.5, 0.6) is 11.5 Å². The van der Waals surface area contributed by atoms with Crippen molar-refractivity contribution in [1.29, 1.82) is 0 Å². The number of phenolic OH excluding ortho intramolecular Hbond substituents is 1. The van der Waals surface area contributed by atoms with Gasteiger partial charge in [0.05, 0.1) is 24.3 Å². The summed E-state index contributed by atoms with van der Waals surface area (Å²) < 4.78 is 5.96. The number of phenols is 1. The molecule has 1 amide bonds. The predicted octanol–water partition coefficient (Wildman–Crippen LogP) is 4.32. The summed E-state index contributed by atoms with van der Waals surface area (Å²) in [5.74, 6) is -1.47. The molecule has 1 saturated heterocycles. The van der Waals surface area contributed by atoms with Crippen molar-refractivity contribution in [3.05, 3.63) is 63.6 Å². The van der Waals surface area contributed by atoms with Crippen LogP contribution >= 0.6 is 15.9 Å². The first-order valence-corrected chi connectivity index (χ1v) is 11.7. The zero-order valence-electron chi connectivity index (χ0n) is 19.0. The van der Waals surface area contributed by atoms with Crippen molar-refractivity contribution in [2.45, 2.75) is 26.3 Å². The van der Waals surface area contributed by atoms with Crippen LogP contribution in [0, 0.1) is 0 Å². The van der Waals surface area contributed by atoms with Crippen LogP contribution in [0.15, 0.2) is 52.5 Å². The number of ether oxygens (including phenoxy) is 1. The fraction of sp³-hybridized carbons (Fsp3) is 0.360. The highest BCUT2D eigenvalue weighted by Crippen LogP contribution is 2.42. The second-order valence-corrected chi connectivity index (χ2v) is 8.73. The van der Waals surface area contributed by atoms with E-state index in [4.69, 9.17) is 4.74 Å². The first-order valence-electron chi connectivity index (χ1n) is 11.0. The average Bonchev–Trinajstić information content (AvgIpc) is 3.08. The summed E-state index contributed by atoms with van der Waals surface area (Å²) in [6.07, 6.45) is 0.678. The molecule has 1 aliphatic rings. The molecule has 3 rings (SSSR count). The lowest BCUT2D eigenvalue weighted by Gasteiger charge is -2.27. The Bertz CT molecular complexity index is 1060. The van der Waals surface area contributed by atoms with Gasteiger partial charge in [-0.3, -0.25) is 9.59 Å². The highest BCUT2D eigenvalue weighted by Gasteiger charge is 2.46. The minimum atomic E-state index is -0.796. The molecule has 33 heavy (non-hydrogen) atoms. The van der Waals surface area contributed by atoms with Gasteiger partial charge in [-0.1, -0.05) is 41.9 Å². The van der Waals surface area contributed by atoms with Crippen LogP contribution in [0.2, 0.25) is 0 Å². The van der Waals surface area contributed by atoms with Gasteiger partial charge in [0.2, 0.25) is 0 Å². The Balaban J connectivity index is 2.09. The molecule has 0 spiro atoms. The minimum Gasteiger partial charge on any atom is -0.507 e. The first kappa shape index (κ1) is 24.8. The number of rotatable bonds is 9. The lowest BCUT2D eigenvalue weighted by atomic mass is 9.95. The first-order chi connectivity index (χ1) is 15.8. The lowest BCUT2D eigenvalue weighted by molar-refractivity contribution is -0.140. The maximum absolute atomic E-state index is 13.1. The van der Waals surface area contributed by atoms with Crippen molar-refractivity contribution >= 4 is 33.4 Å². The quantitative estimate of drug-likeness (QED) is 0.293. The van der Waals surface area contributed by atoms with E-state index >= 15 is 0 Å². The number of carbonyl (C=O) groups excluding carboxylic acids is 2. The van der Waals surface area contributed by atoms with Gasteiger partial charge in [0.15, 0.2) is 0 Å². The summed E-state index contributed by atoms with van der Waals surface area (Å²) in [5, 5.41) is 21.5. The van der Waals surface area contributed by atoms with Crippen molar-refractivity contribution < 1.29 is 24.5 Å². The molecule has 2 aromatic rings. The highest BCUT2D eigenvalue weighted by molar-refractivity contribution is 9.10. The molecule has 0 saturated carbocycles. The summed E-state index contributed by atoms with van der Waals surface area (Å²) >= 11 is 3.32. The molecule has 0 bridgehead atoms. The second-order valence-electron chi connectivity index (χ2n) is 7.81. The molecule has 0 radical (unpaired) electrons. The summed E-state index contributed by atoms with van der Waals surface area (Å²) in [7, 11) is 1.54. The van der Waals surface area contributed by atoms with Crippen molar-refractivity contribution in [1.82, 2.24) is 9.80 Å². The topological polar surface area (TPSA) is 90.3 Å². The zero-order valence-corrected chi connectivity index (χ0v) is 20.6. The smallest absolute Gasteiger partial charge is 0.295 e. The molecule has 0 aromatic heterocycles. The Morgan fingerprint density at radius 2 is 1.88 bits per heavy atom. The SMILES string of the molecule is CCN(CC)CCCN1C(=O)C(=O)/C(=C(/O)c2cc(Br)ccc2O)C1c1cccc(OC)c1. The van der Waals surface area contributed by atoms with Crippen molar-refractivity contribution in [2.24, 2.45) is 0 Å². The third kappa shape index (κ3) is 5.23. The molecule has 2 N–H and O–H groups in total. The van der Waals surface area contributed by atoms with Crippen LogP contribution < -0.4 is 4.74 Å². The number of aliphatic hydroxyl groups is 1. The number of amides is 1. The number of likely N-dealkylation sites (tertiary alicyclic amines) is 1. The third-order valence-electron chi connectivity index (χ3n) is 5.93. The van der Waals surface area contributed by atoms with E-state index < -0.39 is 23.5 Å². The molecule has 1 fully saturated rings. The van der Waals surface area contributed by atoms with Gasteiger partial charge in [0, 0.05) is 11.0 Å². The van der Waals surface area contributed by atoms with Crippen LogP contribution in [-0.4, -0.2) is 65.0 Å². The van der Waals surface area contributed by atoms with Crippen LogP contribution in [0.25, 0.3) is 5.76 Å². The summed E-state index contributed by atoms with van der Waals surface area (Å²) in [5.41, 5.74) is 0.676. The van der Waals surface area contributed by atoms with Gasteiger partial charge in [-0.2, -0.15) is 0 Å². The number of aromatic hydroxyl groups is 1. The lowest BCUT2D eigenvalue weighted by Crippen LogP contribution is -2.33. The molecule has 0 aliphatic carbocycles. The van der Waals surface area contributed by atoms with Gasteiger partial charge in [-0.15, -0.1) is 0 Å². The maximum atomic E-state index is 13.1. The molecule has 7 nitrogen and oxygen atoms in total. The van der Waals surface area contributed by atoms with Gasteiger partial charge < -0.3 is 24.7 Å². The van der Waals surface area contributed by atoms with Crippen LogP contribution in [-0.2, 0) is 9.59 Å². The van der Waals surface area contributed by atoms with E-state index in [1.807, 2.05) is 0 Å². The summed E-state index contributed by atoms with van der Waals surface area (Å²) in [6, 6.07) is 10.9. The minimum absolute atomic E-state index is 0.0514. The number of benzene rings is 2. The van der Waals surface area contributed by atoms with E-state index in [9.17, 15) is 19.8 Å². The fourth-order valence-corrected chi connectivity index (χ4v) is 4.48. The monoisotopic (exact) mass is 516 g/mol. The van der Waals surface area contributed by atoms with E-state index in [-0.39, 0.29) is 16.9 Å². The summed E-state index contributed by atoms with van der Waals surface area (Å²) in [6.45, 7) is 7.10. The molecule has 1 unspecified atom stereocenters. The van der Waals surface area contributed by atoms with Crippen molar-refractivity contribution in [2.75, 3.05) is 33.3 Å². The number of methoxy groups -OCH3 is 1. The predicted molar refractivity (Wildman–Crippen MR) is 130 cm³/mol. The number of halogens is 1. The maximum Gasteiger partial charge on any atom is 0.295 e. The van der Waals surface area contributed by atoms with Crippen LogP contribution in [0.4, 0.5) is 0 Å². The molecule has 2 aromatic carbocycles. The number of ketones is 1. The normalized spacial score (nSPS) is 17.7.